The first-order valence-corrected chi connectivity index (χ1v) is 8.28. The minimum absolute atomic E-state index is 0.0189. The second-order valence-corrected chi connectivity index (χ2v) is 7.11. The molecule has 2 aromatic rings. The summed E-state index contributed by atoms with van der Waals surface area (Å²) in [5.74, 6) is 0.647. The Labute approximate surface area is 116 Å². The molecule has 2 heterocycles. The number of fused-ring (bicyclic) bond motifs is 5. The molecule has 2 atom stereocenters. The van der Waals surface area contributed by atoms with Gasteiger partial charge in [0.2, 0.25) is 6.33 Å². The monoisotopic (exact) mass is 292 g/mol. The summed E-state index contributed by atoms with van der Waals surface area (Å²) in [6, 6.07) is 8.20. The fourth-order valence-corrected chi connectivity index (χ4v) is 3.57. The second-order valence-electron chi connectivity index (χ2n) is 5.27. The van der Waals surface area contributed by atoms with Gasteiger partial charge in [-0.25, -0.2) is 4.57 Å². The van der Waals surface area contributed by atoms with Gasteiger partial charge < -0.3 is 4.74 Å². The van der Waals surface area contributed by atoms with Gasteiger partial charge >= 0.3 is 15.8 Å². The molecule has 0 saturated carbocycles. The summed E-state index contributed by atoms with van der Waals surface area (Å²) in [6.45, 7) is 0.345. The first kappa shape index (κ1) is 12.0. The number of ether oxygens (including phenoxy) is 1. The van der Waals surface area contributed by atoms with Gasteiger partial charge in [-0.2, -0.15) is 8.42 Å². The summed E-state index contributed by atoms with van der Waals surface area (Å²) in [4.78, 5) is 0. The molecule has 0 radical (unpaired) electrons. The van der Waals surface area contributed by atoms with Crippen LogP contribution in [0.2, 0.25) is 0 Å². The van der Waals surface area contributed by atoms with Crippen LogP contribution in [0.1, 0.15) is 23.0 Å². The second kappa shape index (κ2) is 3.89. The van der Waals surface area contributed by atoms with Crippen LogP contribution in [0.3, 0.4) is 0 Å². The minimum Gasteiger partial charge on any atom is -0.363 e. The molecule has 1 aromatic heterocycles. The molecule has 2 aliphatic rings. The van der Waals surface area contributed by atoms with E-state index in [0.29, 0.717) is 12.4 Å². The Hall–Kier alpha value is -1.73. The number of aromatic nitrogens is 3. The smallest absolute Gasteiger partial charge is 0.309 e. The van der Waals surface area contributed by atoms with Crippen LogP contribution in [0, 0.1) is 0 Å². The third-order valence-electron chi connectivity index (χ3n) is 3.95. The number of hydrogen-bond donors (Lipinski definition) is 0. The molecule has 0 fully saturated rings. The van der Waals surface area contributed by atoms with E-state index in [1.165, 1.54) is 11.1 Å². The lowest BCUT2D eigenvalue weighted by Gasteiger charge is -2.23. The van der Waals surface area contributed by atoms with Crippen molar-refractivity contribution in [1.29, 1.82) is 0 Å². The van der Waals surface area contributed by atoms with Crippen molar-refractivity contribution in [1.82, 2.24) is 9.19 Å². The third-order valence-corrected chi connectivity index (χ3v) is 4.80. The van der Waals surface area contributed by atoms with Gasteiger partial charge in [0.25, 0.3) is 0 Å². The molecule has 1 aliphatic carbocycles. The zero-order valence-electron chi connectivity index (χ0n) is 10.9. The van der Waals surface area contributed by atoms with Crippen molar-refractivity contribution in [2.75, 3.05) is 6.26 Å². The Morgan fingerprint density at radius 1 is 1.40 bits per heavy atom. The number of benzene rings is 1. The highest BCUT2D eigenvalue weighted by Gasteiger charge is 2.43. The average molecular weight is 292 g/mol. The molecular weight excluding hydrogens is 278 g/mol. The summed E-state index contributed by atoms with van der Waals surface area (Å²) in [5.41, 5.74) is 2.45. The van der Waals surface area contributed by atoms with Crippen LogP contribution in [0.4, 0.5) is 0 Å². The van der Waals surface area contributed by atoms with Gasteiger partial charge in [-0.3, -0.25) is 0 Å². The molecule has 0 amide bonds. The lowest BCUT2D eigenvalue weighted by atomic mass is 10.1. The fourth-order valence-electron chi connectivity index (χ4n) is 3.06. The minimum atomic E-state index is -3.37. The summed E-state index contributed by atoms with van der Waals surface area (Å²) in [6.07, 6.45) is 3.62. The predicted molar refractivity (Wildman–Crippen MR) is 69.5 cm³/mol. The van der Waals surface area contributed by atoms with Crippen LogP contribution in [0.5, 0.6) is 0 Å². The van der Waals surface area contributed by atoms with E-state index >= 15 is 0 Å². The van der Waals surface area contributed by atoms with Crippen LogP contribution in [-0.2, 0) is 27.8 Å². The van der Waals surface area contributed by atoms with Gasteiger partial charge in [-0.1, -0.05) is 24.3 Å². The van der Waals surface area contributed by atoms with Crippen molar-refractivity contribution in [3.05, 3.63) is 47.5 Å². The first-order valence-electron chi connectivity index (χ1n) is 6.44. The average Bonchev–Trinajstić information content (AvgIpc) is 2.98. The zero-order chi connectivity index (χ0) is 13.9. The van der Waals surface area contributed by atoms with E-state index in [4.69, 9.17) is 4.74 Å². The number of rotatable bonds is 1. The van der Waals surface area contributed by atoms with Crippen molar-refractivity contribution in [3.8, 4) is 0 Å². The Morgan fingerprint density at radius 3 is 3.00 bits per heavy atom. The summed E-state index contributed by atoms with van der Waals surface area (Å²) >= 11 is 0. The highest BCUT2D eigenvalue weighted by atomic mass is 32.2. The standard InChI is InChI=1S/C13H14N3O3S/c1-20(17,18)16-8-15-12(14-16)7-19-11-6-9-4-2-3-5-10(9)13(11)15/h2-5,8,11,13H,6-7H2,1H3/q+1. The largest absolute Gasteiger partial charge is 0.363 e. The van der Waals surface area contributed by atoms with Crippen molar-refractivity contribution < 1.29 is 17.7 Å². The third kappa shape index (κ3) is 1.63. The van der Waals surface area contributed by atoms with Crippen LogP contribution in [0.15, 0.2) is 30.6 Å². The molecule has 2 unspecified atom stereocenters. The van der Waals surface area contributed by atoms with Gasteiger partial charge in [0.15, 0.2) is 0 Å². The van der Waals surface area contributed by atoms with E-state index in [1.54, 1.807) is 6.33 Å². The maximum Gasteiger partial charge on any atom is 0.309 e. The van der Waals surface area contributed by atoms with Crippen molar-refractivity contribution in [3.63, 3.8) is 0 Å². The van der Waals surface area contributed by atoms with Crippen molar-refractivity contribution in [2.45, 2.75) is 25.2 Å². The van der Waals surface area contributed by atoms with E-state index in [-0.39, 0.29) is 12.1 Å². The van der Waals surface area contributed by atoms with Gasteiger partial charge in [-0.15, -0.1) is 0 Å². The number of hydrogen-bond acceptors (Lipinski definition) is 4. The Morgan fingerprint density at radius 2 is 2.20 bits per heavy atom. The molecule has 1 aromatic carbocycles. The van der Waals surface area contributed by atoms with Gasteiger partial charge in [0, 0.05) is 6.42 Å². The molecule has 1 aliphatic heterocycles. The normalized spacial score (nSPS) is 24.1. The highest BCUT2D eigenvalue weighted by Crippen LogP contribution is 2.35. The Kier molecular flexibility index (Phi) is 2.34. The fraction of sp³-hybridized carbons (Fsp3) is 0.385. The maximum atomic E-state index is 11.6. The molecule has 0 N–H and O–H groups in total. The molecule has 6 nitrogen and oxygen atoms in total. The summed E-state index contributed by atoms with van der Waals surface area (Å²) in [7, 11) is -3.37. The maximum absolute atomic E-state index is 11.6. The van der Waals surface area contributed by atoms with Crippen molar-refractivity contribution >= 4 is 10.0 Å². The lowest BCUT2D eigenvalue weighted by Crippen LogP contribution is -2.51. The molecule has 20 heavy (non-hydrogen) atoms. The molecular formula is C13H14N3O3S+. The Bertz CT molecular complexity index is 797. The van der Waals surface area contributed by atoms with E-state index in [0.717, 1.165) is 16.8 Å². The van der Waals surface area contributed by atoms with E-state index in [9.17, 15) is 8.42 Å². The molecule has 0 bridgehead atoms. The van der Waals surface area contributed by atoms with Gasteiger partial charge in [-0.05, 0) is 15.2 Å². The SMILES string of the molecule is CS(=O)(=O)n1c[n+]2c(n1)COC1Cc3ccccc3C12. The zero-order valence-corrected chi connectivity index (χ0v) is 11.7. The van der Waals surface area contributed by atoms with E-state index < -0.39 is 10.0 Å². The lowest BCUT2D eigenvalue weighted by molar-refractivity contribution is -0.739. The molecule has 0 saturated heterocycles. The van der Waals surface area contributed by atoms with E-state index in [2.05, 4.69) is 17.2 Å². The van der Waals surface area contributed by atoms with Crippen LogP contribution in [0.25, 0.3) is 0 Å². The van der Waals surface area contributed by atoms with Crippen LogP contribution < -0.4 is 4.57 Å². The van der Waals surface area contributed by atoms with E-state index in [1.807, 2.05) is 16.7 Å². The topological polar surface area (TPSA) is 65.1 Å². The van der Waals surface area contributed by atoms with Crippen LogP contribution >= 0.6 is 0 Å². The number of nitrogens with zero attached hydrogens (tertiary/aromatic N) is 3. The molecule has 104 valence electrons. The Balaban J connectivity index is 1.89. The molecule has 7 heteroatoms. The first-order chi connectivity index (χ1) is 9.54. The molecule has 0 spiro atoms. The predicted octanol–water partition coefficient (Wildman–Crippen LogP) is 0.0226. The van der Waals surface area contributed by atoms with Crippen LogP contribution in [-0.4, -0.2) is 30.0 Å². The molecule has 4 rings (SSSR count). The van der Waals surface area contributed by atoms with Gasteiger partial charge in [0.1, 0.15) is 18.8 Å². The quantitative estimate of drug-likeness (QED) is 0.695. The highest BCUT2D eigenvalue weighted by molar-refractivity contribution is 7.89. The van der Waals surface area contributed by atoms with Gasteiger partial charge in [0.05, 0.1) is 11.4 Å². The summed E-state index contributed by atoms with van der Waals surface area (Å²) in [5, 5.41) is 4.12. The van der Waals surface area contributed by atoms with Crippen molar-refractivity contribution in [2.24, 2.45) is 0 Å². The summed E-state index contributed by atoms with van der Waals surface area (Å²) < 4.78 is 32.1.